The van der Waals surface area contributed by atoms with Crippen LogP contribution in [0.4, 0.5) is 5.69 Å². The number of carbonyl (C=O) groups excluding carboxylic acids is 2. The first kappa shape index (κ1) is 21.9. The van der Waals surface area contributed by atoms with E-state index in [0.717, 1.165) is 5.75 Å². The van der Waals surface area contributed by atoms with Gasteiger partial charge in [0.15, 0.2) is 17.3 Å². The predicted molar refractivity (Wildman–Crippen MR) is 119 cm³/mol. The van der Waals surface area contributed by atoms with E-state index in [9.17, 15) is 9.59 Å². The number of benzene rings is 3. The predicted octanol–water partition coefficient (Wildman–Crippen LogP) is 5.00. The molecular formula is C25H25NO5. The number of hydrogen-bond acceptors (Lipinski definition) is 5. The van der Waals surface area contributed by atoms with Crippen molar-refractivity contribution < 1.29 is 23.8 Å². The van der Waals surface area contributed by atoms with Gasteiger partial charge in [0, 0.05) is 16.8 Å². The highest BCUT2D eigenvalue weighted by Gasteiger charge is 2.12. The maximum atomic E-state index is 12.6. The van der Waals surface area contributed by atoms with E-state index in [1.54, 1.807) is 42.5 Å². The summed E-state index contributed by atoms with van der Waals surface area (Å²) in [5.41, 5.74) is 1.63. The monoisotopic (exact) mass is 419 g/mol. The number of Topliss-reactive ketones (excluding diaryl/α,β-unsaturated/α-hetero) is 1. The summed E-state index contributed by atoms with van der Waals surface area (Å²) in [4.78, 5) is 24.0. The Morgan fingerprint density at radius 1 is 0.774 bits per heavy atom. The third-order valence-corrected chi connectivity index (χ3v) is 4.41. The van der Waals surface area contributed by atoms with E-state index < -0.39 is 0 Å². The van der Waals surface area contributed by atoms with Crippen molar-refractivity contribution in [1.29, 1.82) is 0 Å². The Morgan fingerprint density at radius 3 is 2.13 bits per heavy atom. The van der Waals surface area contributed by atoms with Crippen LogP contribution in [0.2, 0.25) is 0 Å². The lowest BCUT2D eigenvalue weighted by Gasteiger charge is -2.14. The summed E-state index contributed by atoms with van der Waals surface area (Å²) in [5, 5.41) is 2.82. The summed E-state index contributed by atoms with van der Waals surface area (Å²) in [6.07, 6.45) is 0. The van der Waals surface area contributed by atoms with Crippen LogP contribution in [0.5, 0.6) is 17.2 Å². The number of hydrogen-bond donors (Lipinski definition) is 1. The van der Waals surface area contributed by atoms with Crippen molar-refractivity contribution in [3.05, 3.63) is 83.9 Å². The van der Waals surface area contributed by atoms with Gasteiger partial charge in [-0.25, -0.2) is 0 Å². The molecule has 0 fully saturated rings. The molecule has 0 bridgehead atoms. The second kappa shape index (κ2) is 10.8. The van der Waals surface area contributed by atoms with Crippen LogP contribution in [0.1, 0.15) is 34.6 Å². The molecule has 3 rings (SSSR count). The number of carbonyl (C=O) groups is 2. The summed E-state index contributed by atoms with van der Waals surface area (Å²) in [6.45, 7) is 4.53. The number of anilines is 1. The van der Waals surface area contributed by atoms with Crippen molar-refractivity contribution in [2.45, 2.75) is 13.8 Å². The minimum Gasteiger partial charge on any atom is -0.490 e. The number of para-hydroxylation sites is 1. The van der Waals surface area contributed by atoms with Crippen molar-refractivity contribution in [3.63, 3.8) is 0 Å². The Morgan fingerprint density at radius 2 is 1.45 bits per heavy atom. The van der Waals surface area contributed by atoms with Crippen LogP contribution in [-0.2, 0) is 0 Å². The van der Waals surface area contributed by atoms with Crippen LogP contribution < -0.4 is 19.5 Å². The molecule has 0 saturated heterocycles. The maximum absolute atomic E-state index is 12.6. The van der Waals surface area contributed by atoms with E-state index in [1.165, 1.54) is 6.92 Å². The fourth-order valence-electron chi connectivity index (χ4n) is 2.86. The Balaban J connectivity index is 1.61. The lowest BCUT2D eigenvalue weighted by Crippen LogP contribution is -2.13. The van der Waals surface area contributed by atoms with Crippen molar-refractivity contribution in [3.8, 4) is 17.2 Å². The zero-order valence-electron chi connectivity index (χ0n) is 17.6. The highest BCUT2D eigenvalue weighted by atomic mass is 16.5. The molecule has 0 atom stereocenters. The Hall–Kier alpha value is -3.80. The molecule has 6 heteroatoms. The first-order valence-corrected chi connectivity index (χ1v) is 10.1. The van der Waals surface area contributed by atoms with Crippen molar-refractivity contribution in [1.82, 2.24) is 0 Å². The molecule has 0 aliphatic rings. The lowest BCUT2D eigenvalue weighted by molar-refractivity contribution is 0.101. The SMILES string of the molecule is CCOc1cc(C(=O)Nc2ccc(C(C)=O)cc2)ccc1OCCOc1ccccc1. The minimum atomic E-state index is -0.282. The van der Waals surface area contributed by atoms with Gasteiger partial charge in [0.2, 0.25) is 0 Å². The van der Waals surface area contributed by atoms with Crippen LogP contribution in [0.25, 0.3) is 0 Å². The normalized spacial score (nSPS) is 10.3. The maximum Gasteiger partial charge on any atom is 0.255 e. The van der Waals surface area contributed by atoms with E-state index >= 15 is 0 Å². The molecule has 0 spiro atoms. The molecule has 0 aliphatic carbocycles. The van der Waals surface area contributed by atoms with Crippen LogP contribution in [0, 0.1) is 0 Å². The lowest BCUT2D eigenvalue weighted by atomic mass is 10.1. The molecule has 6 nitrogen and oxygen atoms in total. The Labute approximate surface area is 181 Å². The van der Waals surface area contributed by atoms with Crippen LogP contribution in [0.3, 0.4) is 0 Å². The van der Waals surface area contributed by atoms with Gasteiger partial charge in [-0.2, -0.15) is 0 Å². The molecular weight excluding hydrogens is 394 g/mol. The summed E-state index contributed by atoms with van der Waals surface area (Å²) in [6, 6.07) is 21.3. The molecule has 3 aromatic carbocycles. The van der Waals surface area contributed by atoms with E-state index in [0.29, 0.717) is 48.1 Å². The van der Waals surface area contributed by atoms with E-state index in [4.69, 9.17) is 14.2 Å². The van der Waals surface area contributed by atoms with Gasteiger partial charge in [0.1, 0.15) is 19.0 Å². The Bertz CT molecular complexity index is 1020. The zero-order chi connectivity index (χ0) is 22.1. The molecule has 1 N–H and O–H groups in total. The molecule has 0 aliphatic heterocycles. The second-order valence-electron chi connectivity index (χ2n) is 6.69. The van der Waals surface area contributed by atoms with Gasteiger partial charge in [-0.05, 0) is 68.4 Å². The average Bonchev–Trinajstić information content (AvgIpc) is 2.78. The number of ether oxygens (including phenoxy) is 3. The summed E-state index contributed by atoms with van der Waals surface area (Å²) in [7, 11) is 0. The fourth-order valence-corrected chi connectivity index (χ4v) is 2.86. The van der Waals surface area contributed by atoms with E-state index in [1.807, 2.05) is 37.3 Å². The molecule has 160 valence electrons. The van der Waals surface area contributed by atoms with E-state index in [-0.39, 0.29) is 11.7 Å². The summed E-state index contributed by atoms with van der Waals surface area (Å²) < 4.78 is 17.1. The molecule has 1 amide bonds. The summed E-state index contributed by atoms with van der Waals surface area (Å²) in [5.74, 6) is 1.50. The van der Waals surface area contributed by atoms with Crippen molar-refractivity contribution in [2.75, 3.05) is 25.1 Å². The first-order chi connectivity index (χ1) is 15.1. The molecule has 0 aromatic heterocycles. The van der Waals surface area contributed by atoms with Gasteiger partial charge >= 0.3 is 0 Å². The third-order valence-electron chi connectivity index (χ3n) is 4.41. The highest BCUT2D eigenvalue weighted by molar-refractivity contribution is 6.05. The smallest absolute Gasteiger partial charge is 0.255 e. The topological polar surface area (TPSA) is 73.9 Å². The van der Waals surface area contributed by atoms with Gasteiger partial charge < -0.3 is 19.5 Å². The van der Waals surface area contributed by atoms with Gasteiger partial charge in [0.05, 0.1) is 6.61 Å². The van der Waals surface area contributed by atoms with Gasteiger partial charge in [0.25, 0.3) is 5.91 Å². The van der Waals surface area contributed by atoms with Crippen LogP contribution in [0.15, 0.2) is 72.8 Å². The Kier molecular flexibility index (Phi) is 7.65. The quantitative estimate of drug-likeness (QED) is 0.370. The van der Waals surface area contributed by atoms with Crippen molar-refractivity contribution >= 4 is 17.4 Å². The fraction of sp³-hybridized carbons (Fsp3) is 0.200. The van der Waals surface area contributed by atoms with Crippen LogP contribution in [-0.4, -0.2) is 31.5 Å². The van der Waals surface area contributed by atoms with Crippen LogP contribution >= 0.6 is 0 Å². The third kappa shape index (κ3) is 6.34. The summed E-state index contributed by atoms with van der Waals surface area (Å²) >= 11 is 0. The average molecular weight is 419 g/mol. The molecule has 3 aromatic rings. The molecule has 0 heterocycles. The van der Waals surface area contributed by atoms with Gasteiger partial charge in [-0.15, -0.1) is 0 Å². The minimum absolute atomic E-state index is 0.0241. The van der Waals surface area contributed by atoms with Gasteiger partial charge in [-0.3, -0.25) is 9.59 Å². The van der Waals surface area contributed by atoms with E-state index in [2.05, 4.69) is 5.32 Å². The zero-order valence-corrected chi connectivity index (χ0v) is 17.6. The molecule has 31 heavy (non-hydrogen) atoms. The largest absolute Gasteiger partial charge is 0.490 e. The number of amides is 1. The molecule has 0 radical (unpaired) electrons. The highest BCUT2D eigenvalue weighted by Crippen LogP contribution is 2.29. The molecule has 0 unspecified atom stereocenters. The standard InChI is InChI=1S/C25H25NO5/c1-3-29-24-17-20(25(28)26-21-12-9-19(10-13-21)18(2)27)11-14-23(24)31-16-15-30-22-7-5-4-6-8-22/h4-14,17H,3,15-16H2,1-2H3,(H,26,28). The number of ketones is 1. The second-order valence-corrected chi connectivity index (χ2v) is 6.69. The first-order valence-electron chi connectivity index (χ1n) is 10.1. The van der Waals surface area contributed by atoms with Crippen molar-refractivity contribution in [2.24, 2.45) is 0 Å². The van der Waals surface area contributed by atoms with Gasteiger partial charge in [-0.1, -0.05) is 18.2 Å². The number of rotatable bonds is 10. The number of nitrogens with one attached hydrogen (secondary N) is 1. The molecule has 0 saturated carbocycles.